The van der Waals surface area contributed by atoms with Gasteiger partial charge in [0, 0.05) is 0 Å². The van der Waals surface area contributed by atoms with Gasteiger partial charge < -0.3 is 9.84 Å². The van der Waals surface area contributed by atoms with Crippen LogP contribution in [-0.4, -0.2) is 37.1 Å². The minimum atomic E-state index is -3.16. The van der Waals surface area contributed by atoms with Gasteiger partial charge in [0.2, 0.25) is 0 Å². The molecule has 1 fully saturated rings. The predicted molar refractivity (Wildman–Crippen MR) is 61.0 cm³/mol. The van der Waals surface area contributed by atoms with Crippen LogP contribution in [0.25, 0.3) is 0 Å². The zero-order chi connectivity index (χ0) is 13.3. The van der Waals surface area contributed by atoms with Gasteiger partial charge in [0.25, 0.3) is 0 Å². The molecule has 0 radical (unpaired) electrons. The van der Waals surface area contributed by atoms with E-state index in [9.17, 15) is 17.6 Å². The van der Waals surface area contributed by atoms with Crippen molar-refractivity contribution in [3.05, 3.63) is 29.6 Å². The number of sulfone groups is 1. The second-order valence-corrected chi connectivity index (χ2v) is 6.29. The highest BCUT2D eigenvalue weighted by Gasteiger charge is 2.31. The number of benzene rings is 1. The Morgan fingerprint density at radius 1 is 1.44 bits per heavy atom. The SMILES string of the molecule is O=C(O)c1cccc(F)c1OC1CCS(=O)(=O)C1. The van der Waals surface area contributed by atoms with Gasteiger partial charge in [-0.15, -0.1) is 0 Å². The molecule has 1 heterocycles. The highest BCUT2D eigenvalue weighted by Crippen LogP contribution is 2.26. The van der Waals surface area contributed by atoms with E-state index in [2.05, 4.69) is 0 Å². The average molecular weight is 274 g/mol. The summed E-state index contributed by atoms with van der Waals surface area (Å²) in [5, 5.41) is 8.90. The number of carbonyl (C=O) groups is 1. The van der Waals surface area contributed by atoms with Crippen molar-refractivity contribution in [3.8, 4) is 5.75 Å². The lowest BCUT2D eigenvalue weighted by Crippen LogP contribution is -2.20. The van der Waals surface area contributed by atoms with Crippen LogP contribution in [0.5, 0.6) is 5.75 Å². The number of carboxylic acid groups (broad SMARTS) is 1. The number of aromatic carboxylic acids is 1. The van der Waals surface area contributed by atoms with Gasteiger partial charge in [-0.1, -0.05) is 6.07 Å². The lowest BCUT2D eigenvalue weighted by molar-refractivity contribution is 0.0688. The van der Waals surface area contributed by atoms with E-state index in [0.717, 1.165) is 6.07 Å². The molecule has 1 saturated heterocycles. The van der Waals surface area contributed by atoms with E-state index in [-0.39, 0.29) is 23.5 Å². The van der Waals surface area contributed by atoms with Crippen molar-refractivity contribution >= 4 is 15.8 Å². The number of ether oxygens (including phenoxy) is 1. The third-order valence-corrected chi connectivity index (χ3v) is 4.41. The van der Waals surface area contributed by atoms with Gasteiger partial charge in [-0.3, -0.25) is 0 Å². The van der Waals surface area contributed by atoms with E-state index in [4.69, 9.17) is 9.84 Å². The Morgan fingerprint density at radius 2 is 2.17 bits per heavy atom. The van der Waals surface area contributed by atoms with Crippen molar-refractivity contribution in [2.45, 2.75) is 12.5 Å². The van der Waals surface area contributed by atoms with E-state index in [0.29, 0.717) is 0 Å². The summed E-state index contributed by atoms with van der Waals surface area (Å²) < 4.78 is 41.2. The fourth-order valence-corrected chi connectivity index (χ4v) is 3.41. The Labute approximate surface area is 103 Å². The second-order valence-electron chi connectivity index (χ2n) is 4.06. The van der Waals surface area contributed by atoms with E-state index in [1.54, 1.807) is 0 Å². The maximum Gasteiger partial charge on any atom is 0.339 e. The molecule has 18 heavy (non-hydrogen) atoms. The Bertz CT molecular complexity index is 581. The van der Waals surface area contributed by atoms with E-state index in [1.807, 2.05) is 0 Å². The summed E-state index contributed by atoms with van der Waals surface area (Å²) in [6, 6.07) is 3.55. The molecule has 98 valence electrons. The summed E-state index contributed by atoms with van der Waals surface area (Å²) in [7, 11) is -3.16. The molecule has 1 aromatic rings. The zero-order valence-corrected chi connectivity index (χ0v) is 10.1. The van der Waals surface area contributed by atoms with Crippen LogP contribution in [0.4, 0.5) is 4.39 Å². The molecule has 0 amide bonds. The molecule has 1 N–H and O–H groups in total. The monoisotopic (exact) mass is 274 g/mol. The molecular weight excluding hydrogens is 263 g/mol. The van der Waals surface area contributed by atoms with Crippen LogP contribution >= 0.6 is 0 Å². The largest absolute Gasteiger partial charge is 0.485 e. The number of rotatable bonds is 3. The minimum absolute atomic E-state index is 0.0193. The van der Waals surface area contributed by atoms with Crippen LogP contribution in [-0.2, 0) is 9.84 Å². The van der Waals surface area contributed by atoms with Crippen molar-refractivity contribution in [3.63, 3.8) is 0 Å². The minimum Gasteiger partial charge on any atom is -0.485 e. The first-order valence-corrected chi connectivity index (χ1v) is 7.10. The summed E-state index contributed by atoms with van der Waals surface area (Å²) >= 11 is 0. The first-order chi connectivity index (χ1) is 8.39. The third-order valence-electron chi connectivity index (χ3n) is 2.67. The van der Waals surface area contributed by atoms with E-state index >= 15 is 0 Å². The zero-order valence-electron chi connectivity index (χ0n) is 9.30. The van der Waals surface area contributed by atoms with Gasteiger partial charge in [0.15, 0.2) is 21.4 Å². The first-order valence-electron chi connectivity index (χ1n) is 5.28. The highest BCUT2D eigenvalue weighted by molar-refractivity contribution is 7.91. The summed E-state index contributed by atoms with van der Waals surface area (Å²) in [6.07, 6.45) is -0.444. The Kier molecular flexibility index (Phi) is 3.25. The normalized spacial score (nSPS) is 21.7. The van der Waals surface area contributed by atoms with Gasteiger partial charge in [-0.25, -0.2) is 17.6 Å². The quantitative estimate of drug-likeness (QED) is 0.892. The van der Waals surface area contributed by atoms with Crippen LogP contribution in [0.2, 0.25) is 0 Å². The molecule has 1 unspecified atom stereocenters. The van der Waals surface area contributed by atoms with Crippen molar-refractivity contribution in [2.75, 3.05) is 11.5 Å². The van der Waals surface area contributed by atoms with Crippen LogP contribution in [0, 0.1) is 5.82 Å². The number of carboxylic acids is 1. The molecule has 0 aliphatic carbocycles. The van der Waals surface area contributed by atoms with Crippen LogP contribution in [0.15, 0.2) is 18.2 Å². The van der Waals surface area contributed by atoms with Gasteiger partial charge in [0.05, 0.1) is 11.5 Å². The topological polar surface area (TPSA) is 80.7 Å². The molecule has 5 nitrogen and oxygen atoms in total. The number of halogens is 1. The molecule has 0 aromatic heterocycles. The average Bonchev–Trinajstić information content (AvgIpc) is 2.61. The fraction of sp³-hybridized carbons (Fsp3) is 0.364. The fourth-order valence-electron chi connectivity index (χ4n) is 1.82. The molecule has 1 aliphatic rings. The van der Waals surface area contributed by atoms with Crippen LogP contribution < -0.4 is 4.74 Å². The van der Waals surface area contributed by atoms with Gasteiger partial charge in [0.1, 0.15) is 11.7 Å². The third kappa shape index (κ3) is 2.61. The molecule has 0 spiro atoms. The molecule has 1 aromatic carbocycles. The van der Waals surface area contributed by atoms with Crippen molar-refractivity contribution in [2.24, 2.45) is 0 Å². The number of para-hydroxylation sites is 1. The molecule has 2 rings (SSSR count). The molecular formula is C11H11FO5S. The first kappa shape index (κ1) is 12.8. The van der Waals surface area contributed by atoms with Gasteiger partial charge in [-0.2, -0.15) is 0 Å². The molecule has 1 atom stereocenters. The van der Waals surface area contributed by atoms with Crippen LogP contribution in [0.3, 0.4) is 0 Å². The van der Waals surface area contributed by atoms with Crippen LogP contribution in [0.1, 0.15) is 16.8 Å². The summed E-state index contributed by atoms with van der Waals surface area (Å²) in [4.78, 5) is 10.9. The number of hydrogen-bond acceptors (Lipinski definition) is 4. The van der Waals surface area contributed by atoms with Crippen molar-refractivity contribution in [1.29, 1.82) is 0 Å². The van der Waals surface area contributed by atoms with Crippen molar-refractivity contribution in [1.82, 2.24) is 0 Å². The predicted octanol–water partition coefficient (Wildman–Crippen LogP) is 1.09. The molecule has 0 bridgehead atoms. The summed E-state index contributed by atoms with van der Waals surface area (Å²) in [6.45, 7) is 0. The Balaban J connectivity index is 2.27. The maximum absolute atomic E-state index is 13.5. The standard InChI is InChI=1S/C11H11FO5S/c12-9-3-1-2-8(11(13)14)10(9)17-7-4-5-18(15,16)6-7/h1-3,7H,4-6H2,(H,13,14). The summed E-state index contributed by atoms with van der Waals surface area (Å²) in [5.41, 5.74) is -0.306. The lowest BCUT2D eigenvalue weighted by Gasteiger charge is -2.14. The molecule has 0 saturated carbocycles. The molecule has 1 aliphatic heterocycles. The highest BCUT2D eigenvalue weighted by atomic mass is 32.2. The van der Waals surface area contributed by atoms with E-state index in [1.165, 1.54) is 12.1 Å². The maximum atomic E-state index is 13.5. The smallest absolute Gasteiger partial charge is 0.339 e. The van der Waals surface area contributed by atoms with Gasteiger partial charge in [-0.05, 0) is 18.6 Å². The Hall–Kier alpha value is -1.63. The van der Waals surface area contributed by atoms with Crippen molar-refractivity contribution < 1.29 is 27.4 Å². The molecule has 7 heteroatoms. The van der Waals surface area contributed by atoms with E-state index < -0.39 is 33.5 Å². The lowest BCUT2D eigenvalue weighted by atomic mass is 10.2. The summed E-state index contributed by atoms with van der Waals surface area (Å²) in [5.74, 6) is -2.74. The Morgan fingerprint density at radius 3 is 2.72 bits per heavy atom. The second kappa shape index (κ2) is 4.56. The number of hydrogen-bond donors (Lipinski definition) is 1. The van der Waals surface area contributed by atoms with Gasteiger partial charge >= 0.3 is 5.97 Å².